The molecular weight excluding hydrogens is 961 g/mol. The maximum Gasteiger partial charge on any atom is 0.136 e. The van der Waals surface area contributed by atoms with Crippen LogP contribution < -0.4 is 0 Å². The van der Waals surface area contributed by atoms with E-state index in [1.165, 1.54) is 170 Å². The van der Waals surface area contributed by atoms with Gasteiger partial charge in [-0.2, -0.15) is 0 Å². The summed E-state index contributed by atoms with van der Waals surface area (Å²) in [6.07, 6.45) is 14.1. The molecule has 4 aromatic heterocycles. The molecule has 0 atom stereocenters. The average molecular weight is 1030 g/mol. The summed E-state index contributed by atoms with van der Waals surface area (Å²) >= 11 is 3.92. The molecule has 0 saturated carbocycles. The molecule has 0 radical (unpaired) electrons. The van der Waals surface area contributed by atoms with Gasteiger partial charge in [-0.15, -0.1) is 22.7 Å². The molecule has 2 aliphatic rings. The fourth-order valence-electron chi connectivity index (χ4n) is 13.8. The van der Waals surface area contributed by atoms with Crippen molar-refractivity contribution >= 4 is 76.0 Å². The Labute approximate surface area is 455 Å². The van der Waals surface area contributed by atoms with Gasteiger partial charge in [-0.25, -0.2) is 0 Å². The van der Waals surface area contributed by atoms with Crippen LogP contribution >= 0.6 is 22.7 Å². The largest absolute Gasteiger partial charge is 0.456 e. The number of furan rings is 2. The number of hydrogen-bond donors (Lipinski definition) is 0. The van der Waals surface area contributed by atoms with Crippen LogP contribution in [0.4, 0.5) is 0 Å². The topological polar surface area (TPSA) is 26.3 Å². The van der Waals surface area contributed by atoms with E-state index < -0.39 is 0 Å². The summed E-state index contributed by atoms with van der Waals surface area (Å²) in [7, 11) is 0. The molecule has 0 bridgehead atoms. The second-order valence-electron chi connectivity index (χ2n) is 22.2. The molecule has 76 heavy (non-hydrogen) atoms. The monoisotopic (exact) mass is 1020 g/mol. The Morgan fingerprint density at radius 1 is 0.316 bits per heavy atom. The molecule has 8 aromatic carbocycles. The van der Waals surface area contributed by atoms with Gasteiger partial charge in [0, 0.05) is 51.5 Å². The predicted molar refractivity (Wildman–Crippen MR) is 327 cm³/mol. The Hall–Kier alpha value is -6.98. The number of benzene rings is 8. The van der Waals surface area contributed by atoms with Crippen molar-refractivity contribution in [1.29, 1.82) is 0 Å². The molecule has 0 N–H and O–H groups in total. The predicted octanol–water partition coefficient (Wildman–Crippen LogP) is 22.7. The van der Waals surface area contributed by atoms with Crippen LogP contribution in [0.15, 0.2) is 179 Å². The van der Waals surface area contributed by atoms with E-state index in [1.807, 2.05) is 22.7 Å². The van der Waals surface area contributed by atoms with Gasteiger partial charge in [0.25, 0.3) is 0 Å². The maximum atomic E-state index is 6.69. The number of fused-ring (bicyclic) bond motifs is 13. The first-order chi connectivity index (χ1) is 37.4. The minimum Gasteiger partial charge on any atom is -0.456 e. The van der Waals surface area contributed by atoms with Crippen molar-refractivity contribution in [3.8, 4) is 65.4 Å². The second-order valence-corrected chi connectivity index (χ2v) is 24.4. The molecule has 0 saturated heterocycles. The number of hydrogen-bond acceptors (Lipinski definition) is 4. The van der Waals surface area contributed by atoms with E-state index in [2.05, 4.69) is 198 Å². The summed E-state index contributed by atoms with van der Waals surface area (Å²) in [4.78, 5) is 2.71. The Morgan fingerprint density at radius 2 is 0.684 bits per heavy atom. The van der Waals surface area contributed by atoms with Crippen LogP contribution in [0.3, 0.4) is 0 Å². The summed E-state index contributed by atoms with van der Waals surface area (Å²) < 4.78 is 16.1. The van der Waals surface area contributed by atoms with Crippen molar-refractivity contribution in [2.45, 2.75) is 116 Å². The number of thiophene rings is 2. The molecule has 2 nitrogen and oxygen atoms in total. The summed E-state index contributed by atoms with van der Waals surface area (Å²) in [5, 5.41) is 4.87. The SMILES string of the molecule is CCCCC1(CCCC)c2cc(-c3cc4sc(-c5ccc6c(c5)C(CCCC)(CCCC)c5cc7c(cc5-6)oc5ccc(-c6ccccc6)cc57)cc4s3)ccc2-c2cc3oc4ccc(-c5ccccc5)cc4c3cc21. The van der Waals surface area contributed by atoms with Crippen LogP contribution in [-0.2, 0) is 10.8 Å². The zero-order chi connectivity index (χ0) is 51.1. The fourth-order valence-corrected chi connectivity index (χ4v) is 16.2. The van der Waals surface area contributed by atoms with Crippen molar-refractivity contribution in [1.82, 2.24) is 0 Å². The Morgan fingerprint density at radius 3 is 1.08 bits per heavy atom. The quantitative estimate of drug-likeness (QED) is 0.0964. The van der Waals surface area contributed by atoms with Gasteiger partial charge in [-0.3, -0.25) is 0 Å². The van der Waals surface area contributed by atoms with Gasteiger partial charge in [0.1, 0.15) is 22.3 Å². The van der Waals surface area contributed by atoms with Gasteiger partial charge in [0.2, 0.25) is 0 Å². The highest BCUT2D eigenvalue weighted by molar-refractivity contribution is 7.31. The first kappa shape index (κ1) is 47.5. The maximum absolute atomic E-state index is 6.69. The Bertz CT molecular complexity index is 3860. The molecule has 14 rings (SSSR count). The van der Waals surface area contributed by atoms with E-state index in [-0.39, 0.29) is 10.8 Å². The standard InChI is InChI=1S/C72H64O2S2/c1-5-9-31-71(32-10-6-2)59-37-49(23-27-51(59)53-41-65-57(39-61(53)71)55-35-47(25-29-63(55)73-65)45-19-15-13-16-20-45)67-43-69-70(75-67)44-68(76-69)50-24-28-52-54-42-66-58(40-62(54)72(33-11-7-3,34-12-8-4)60(52)38-50)56-36-48(26-30-64(56)74-66)46-21-17-14-18-22-46/h13-30,35-44H,5-12,31-34H2,1-4H3. The lowest BCUT2D eigenvalue weighted by molar-refractivity contribution is 0.415. The lowest BCUT2D eigenvalue weighted by Crippen LogP contribution is -2.25. The average Bonchev–Trinajstić information content (AvgIpc) is 4.35. The van der Waals surface area contributed by atoms with Crippen molar-refractivity contribution < 1.29 is 8.83 Å². The minimum atomic E-state index is -0.0520. The summed E-state index contributed by atoms with van der Waals surface area (Å²) in [5.74, 6) is 0. The van der Waals surface area contributed by atoms with Crippen molar-refractivity contribution in [3.63, 3.8) is 0 Å². The fraction of sp³-hybridized carbons (Fsp3) is 0.250. The first-order valence-corrected chi connectivity index (χ1v) is 30.0. The van der Waals surface area contributed by atoms with Gasteiger partial charge in [-0.05, 0) is 176 Å². The lowest BCUT2D eigenvalue weighted by Gasteiger charge is -2.33. The smallest absolute Gasteiger partial charge is 0.136 e. The highest BCUT2D eigenvalue weighted by Gasteiger charge is 2.45. The molecule has 0 spiro atoms. The Kier molecular flexibility index (Phi) is 11.8. The van der Waals surface area contributed by atoms with Gasteiger partial charge >= 0.3 is 0 Å². The molecule has 2 aliphatic carbocycles. The van der Waals surface area contributed by atoms with Gasteiger partial charge in [0.05, 0.1) is 0 Å². The molecule has 0 fully saturated rings. The van der Waals surface area contributed by atoms with E-state index in [9.17, 15) is 0 Å². The van der Waals surface area contributed by atoms with Crippen LogP contribution in [0.5, 0.6) is 0 Å². The van der Waals surface area contributed by atoms with Crippen molar-refractivity contribution in [2.75, 3.05) is 0 Å². The van der Waals surface area contributed by atoms with Gasteiger partial charge in [-0.1, -0.05) is 176 Å². The van der Waals surface area contributed by atoms with Crippen LogP contribution in [0.2, 0.25) is 0 Å². The van der Waals surface area contributed by atoms with E-state index in [4.69, 9.17) is 8.83 Å². The van der Waals surface area contributed by atoms with Gasteiger partial charge < -0.3 is 8.83 Å². The van der Waals surface area contributed by atoms with Crippen LogP contribution in [0.1, 0.15) is 127 Å². The molecule has 12 aromatic rings. The molecular formula is C72H64O2S2. The number of rotatable bonds is 16. The van der Waals surface area contributed by atoms with E-state index >= 15 is 0 Å². The molecule has 0 unspecified atom stereocenters. The Balaban J connectivity index is 0.834. The molecule has 4 heteroatoms. The molecule has 0 amide bonds. The number of unbranched alkanes of at least 4 members (excludes halogenated alkanes) is 4. The third-order valence-corrected chi connectivity index (χ3v) is 20.1. The van der Waals surface area contributed by atoms with Gasteiger partial charge in [0.15, 0.2) is 0 Å². The van der Waals surface area contributed by atoms with Crippen LogP contribution in [0, 0.1) is 0 Å². The van der Waals surface area contributed by atoms with E-state index in [0.29, 0.717) is 0 Å². The van der Waals surface area contributed by atoms with Crippen molar-refractivity contribution in [3.05, 3.63) is 192 Å². The first-order valence-electron chi connectivity index (χ1n) is 28.4. The zero-order valence-corrected chi connectivity index (χ0v) is 45.9. The third kappa shape index (κ3) is 7.53. The van der Waals surface area contributed by atoms with Crippen LogP contribution in [-0.4, -0.2) is 0 Å². The van der Waals surface area contributed by atoms with Crippen molar-refractivity contribution in [2.24, 2.45) is 0 Å². The molecule has 4 heterocycles. The normalized spacial score (nSPS) is 14.1. The summed E-state index contributed by atoms with van der Waals surface area (Å²) in [5.41, 5.74) is 22.8. The highest BCUT2D eigenvalue weighted by Crippen LogP contribution is 2.59. The van der Waals surface area contributed by atoms with Crippen LogP contribution in [0.25, 0.3) is 119 Å². The zero-order valence-electron chi connectivity index (χ0n) is 44.3. The minimum absolute atomic E-state index is 0.0520. The highest BCUT2D eigenvalue weighted by atomic mass is 32.1. The second kappa shape index (κ2) is 18.9. The van der Waals surface area contributed by atoms with E-state index in [1.54, 1.807) is 0 Å². The van der Waals surface area contributed by atoms with E-state index in [0.717, 1.165) is 48.0 Å². The lowest BCUT2D eigenvalue weighted by atomic mass is 9.70. The summed E-state index contributed by atoms with van der Waals surface area (Å²) in [6, 6.07) is 64.6. The third-order valence-electron chi connectivity index (χ3n) is 17.7. The molecule has 376 valence electrons. The summed E-state index contributed by atoms with van der Waals surface area (Å²) in [6.45, 7) is 9.40. The molecule has 0 aliphatic heterocycles.